The maximum Gasteiger partial charge on any atom is 0.232 e. The van der Waals surface area contributed by atoms with Crippen molar-refractivity contribution < 1.29 is 13.2 Å². The van der Waals surface area contributed by atoms with Crippen molar-refractivity contribution in [2.45, 2.75) is 34.1 Å². The van der Waals surface area contributed by atoms with Crippen LogP contribution in [-0.4, -0.2) is 27.1 Å². The van der Waals surface area contributed by atoms with Crippen LogP contribution in [0.15, 0.2) is 36.4 Å². The number of carbonyl (C=O) groups excluding carboxylic acids is 1. The highest BCUT2D eigenvalue weighted by atomic mass is 32.2. The van der Waals surface area contributed by atoms with E-state index in [2.05, 4.69) is 5.32 Å². The van der Waals surface area contributed by atoms with Gasteiger partial charge in [-0.3, -0.25) is 9.10 Å². The normalized spacial score (nSPS) is 11.3. The predicted octanol–water partition coefficient (Wildman–Crippen LogP) is 3.72. The second-order valence-corrected chi connectivity index (χ2v) is 8.56. The minimum atomic E-state index is -3.48. The van der Waals surface area contributed by atoms with E-state index in [1.54, 1.807) is 6.07 Å². The summed E-state index contributed by atoms with van der Waals surface area (Å²) in [5, 5.41) is 2.83. The fraction of sp³-hybridized carbons (Fsp3) is 0.350. The van der Waals surface area contributed by atoms with Crippen molar-refractivity contribution in [1.82, 2.24) is 0 Å². The van der Waals surface area contributed by atoms with Crippen LogP contribution >= 0.6 is 0 Å². The number of sulfonamides is 1. The molecule has 0 unspecified atom stereocenters. The zero-order chi connectivity index (χ0) is 19.5. The van der Waals surface area contributed by atoms with Crippen LogP contribution in [0, 0.1) is 27.7 Å². The first-order chi connectivity index (χ1) is 12.1. The van der Waals surface area contributed by atoms with Crippen LogP contribution in [-0.2, 0) is 14.8 Å². The van der Waals surface area contributed by atoms with Gasteiger partial charge in [-0.05, 0) is 68.1 Å². The van der Waals surface area contributed by atoms with Crippen LogP contribution in [0.5, 0.6) is 0 Å². The molecule has 0 spiro atoms. The lowest BCUT2D eigenvalue weighted by Crippen LogP contribution is -2.33. The van der Waals surface area contributed by atoms with Crippen molar-refractivity contribution in [1.29, 1.82) is 0 Å². The number of hydrogen-bond acceptors (Lipinski definition) is 3. The highest BCUT2D eigenvalue weighted by molar-refractivity contribution is 7.92. The molecular weight excluding hydrogens is 348 g/mol. The minimum absolute atomic E-state index is 0.0768. The second-order valence-electron chi connectivity index (χ2n) is 6.65. The zero-order valence-corrected chi connectivity index (χ0v) is 16.8. The van der Waals surface area contributed by atoms with Crippen LogP contribution in [0.2, 0.25) is 0 Å². The average molecular weight is 375 g/mol. The Bertz CT molecular complexity index is 921. The number of benzene rings is 2. The number of rotatable bonds is 6. The Labute approximate surface area is 156 Å². The van der Waals surface area contributed by atoms with Gasteiger partial charge >= 0.3 is 0 Å². The number of hydrogen-bond donors (Lipinski definition) is 1. The number of carbonyl (C=O) groups is 1. The fourth-order valence-electron chi connectivity index (χ4n) is 2.72. The molecule has 0 atom stereocenters. The molecule has 2 rings (SSSR count). The van der Waals surface area contributed by atoms with Gasteiger partial charge in [0.2, 0.25) is 15.9 Å². The summed E-state index contributed by atoms with van der Waals surface area (Å²) >= 11 is 0. The van der Waals surface area contributed by atoms with E-state index >= 15 is 0 Å². The molecule has 0 aromatic heterocycles. The molecule has 1 amide bonds. The quantitative estimate of drug-likeness (QED) is 0.838. The highest BCUT2D eigenvalue weighted by Gasteiger charge is 2.20. The summed E-state index contributed by atoms with van der Waals surface area (Å²) in [6.07, 6.45) is 1.24. The Kier molecular flexibility index (Phi) is 6.08. The zero-order valence-electron chi connectivity index (χ0n) is 16.0. The minimum Gasteiger partial charge on any atom is -0.326 e. The Balaban J connectivity index is 2.13. The summed E-state index contributed by atoms with van der Waals surface area (Å²) in [7, 11) is -3.48. The van der Waals surface area contributed by atoms with E-state index in [9.17, 15) is 13.2 Å². The van der Waals surface area contributed by atoms with Gasteiger partial charge in [-0.25, -0.2) is 8.42 Å². The van der Waals surface area contributed by atoms with Crippen molar-refractivity contribution in [3.05, 3.63) is 58.7 Å². The first kappa shape index (κ1) is 20.0. The molecule has 2 aromatic rings. The van der Waals surface area contributed by atoms with Crippen molar-refractivity contribution in [2.24, 2.45) is 0 Å². The van der Waals surface area contributed by atoms with Gasteiger partial charge in [-0.15, -0.1) is 0 Å². The third-order valence-corrected chi connectivity index (χ3v) is 5.76. The van der Waals surface area contributed by atoms with E-state index in [-0.39, 0.29) is 18.9 Å². The molecule has 6 heteroatoms. The first-order valence-electron chi connectivity index (χ1n) is 8.50. The Hall–Kier alpha value is -2.34. The topological polar surface area (TPSA) is 66.5 Å². The van der Waals surface area contributed by atoms with Crippen LogP contribution in [0.3, 0.4) is 0 Å². The first-order valence-corrected chi connectivity index (χ1v) is 10.4. The fourth-order valence-corrected chi connectivity index (χ4v) is 3.69. The van der Waals surface area contributed by atoms with Gasteiger partial charge in [0.15, 0.2) is 0 Å². The maximum absolute atomic E-state index is 12.3. The summed E-state index contributed by atoms with van der Waals surface area (Å²) < 4.78 is 25.8. The largest absolute Gasteiger partial charge is 0.326 e. The SMILES string of the molecule is Cc1ccc(NC(=O)CCN(c2cccc(C)c2C)S(C)(=O)=O)cc1C. The summed E-state index contributed by atoms with van der Waals surface area (Å²) in [6.45, 7) is 7.91. The smallest absolute Gasteiger partial charge is 0.232 e. The Morgan fingerprint density at radius 2 is 1.69 bits per heavy atom. The monoisotopic (exact) mass is 374 g/mol. The molecule has 0 fully saturated rings. The Morgan fingerprint density at radius 1 is 1.00 bits per heavy atom. The van der Waals surface area contributed by atoms with Gasteiger partial charge in [-0.1, -0.05) is 18.2 Å². The maximum atomic E-state index is 12.3. The summed E-state index contributed by atoms with van der Waals surface area (Å²) in [4.78, 5) is 12.3. The third kappa shape index (κ3) is 4.85. The highest BCUT2D eigenvalue weighted by Crippen LogP contribution is 2.25. The third-order valence-electron chi connectivity index (χ3n) is 4.58. The van der Waals surface area contributed by atoms with Gasteiger partial charge in [0.25, 0.3) is 0 Å². The lowest BCUT2D eigenvalue weighted by Gasteiger charge is -2.24. The molecule has 0 saturated heterocycles. The molecule has 140 valence electrons. The van der Waals surface area contributed by atoms with E-state index in [0.29, 0.717) is 5.69 Å². The standard InChI is InChI=1S/C20H26N2O3S/c1-14-9-10-18(13-16(14)3)21-20(23)11-12-22(26(5,24)25)19-8-6-7-15(2)17(19)4/h6-10,13H,11-12H2,1-5H3,(H,21,23). The van der Waals surface area contributed by atoms with E-state index in [0.717, 1.165) is 34.2 Å². The van der Waals surface area contributed by atoms with E-state index in [4.69, 9.17) is 0 Å². The lowest BCUT2D eigenvalue weighted by molar-refractivity contribution is -0.116. The molecule has 0 bridgehead atoms. The molecule has 2 aromatic carbocycles. The van der Waals surface area contributed by atoms with Crippen molar-refractivity contribution in [2.75, 3.05) is 22.4 Å². The molecule has 0 saturated carbocycles. The molecule has 26 heavy (non-hydrogen) atoms. The van der Waals surface area contributed by atoms with E-state index in [1.807, 2.05) is 58.0 Å². The molecule has 0 heterocycles. The van der Waals surface area contributed by atoms with Crippen LogP contribution in [0.1, 0.15) is 28.7 Å². The molecule has 0 radical (unpaired) electrons. The van der Waals surface area contributed by atoms with Crippen LogP contribution in [0.4, 0.5) is 11.4 Å². The molecule has 0 aliphatic heterocycles. The summed E-state index contributed by atoms with van der Waals surface area (Å²) in [5.74, 6) is -0.216. The molecular formula is C20H26N2O3S. The number of anilines is 2. The number of amides is 1. The molecule has 0 aliphatic rings. The number of nitrogens with one attached hydrogen (secondary N) is 1. The van der Waals surface area contributed by atoms with E-state index < -0.39 is 10.0 Å². The molecule has 1 N–H and O–H groups in total. The molecule has 0 aliphatic carbocycles. The van der Waals surface area contributed by atoms with Gasteiger partial charge in [0.05, 0.1) is 11.9 Å². The van der Waals surface area contributed by atoms with Crippen molar-refractivity contribution >= 4 is 27.3 Å². The second kappa shape index (κ2) is 7.91. The number of aryl methyl sites for hydroxylation is 3. The summed E-state index contributed by atoms with van der Waals surface area (Å²) in [5.41, 5.74) is 5.49. The van der Waals surface area contributed by atoms with Crippen LogP contribution < -0.4 is 9.62 Å². The lowest BCUT2D eigenvalue weighted by atomic mass is 10.1. The average Bonchev–Trinajstić information content (AvgIpc) is 2.54. The molecule has 5 nitrogen and oxygen atoms in total. The van der Waals surface area contributed by atoms with Crippen LogP contribution in [0.25, 0.3) is 0 Å². The van der Waals surface area contributed by atoms with Gasteiger partial charge in [-0.2, -0.15) is 0 Å². The van der Waals surface area contributed by atoms with Crippen molar-refractivity contribution in [3.63, 3.8) is 0 Å². The Morgan fingerprint density at radius 3 is 2.31 bits per heavy atom. The van der Waals surface area contributed by atoms with Gasteiger partial charge in [0, 0.05) is 18.7 Å². The van der Waals surface area contributed by atoms with Crippen molar-refractivity contribution in [3.8, 4) is 0 Å². The van der Waals surface area contributed by atoms with Gasteiger partial charge in [0.1, 0.15) is 0 Å². The summed E-state index contributed by atoms with van der Waals surface area (Å²) in [6, 6.07) is 11.2. The number of nitrogens with zero attached hydrogens (tertiary/aromatic N) is 1. The van der Waals surface area contributed by atoms with E-state index in [1.165, 1.54) is 4.31 Å². The predicted molar refractivity (Wildman–Crippen MR) is 107 cm³/mol. The van der Waals surface area contributed by atoms with Gasteiger partial charge < -0.3 is 5.32 Å².